The van der Waals surface area contributed by atoms with Crippen molar-refractivity contribution in [1.82, 2.24) is 4.90 Å². The van der Waals surface area contributed by atoms with Gasteiger partial charge in [-0.25, -0.2) is 0 Å². The Morgan fingerprint density at radius 2 is 0.475 bits per heavy atom. The van der Waals surface area contributed by atoms with Gasteiger partial charge in [0.15, 0.2) is 0 Å². The zero-order valence-electron chi connectivity index (χ0n) is 56.1. The molecular weight excluding hydrogens is 971 g/mol. The van der Waals surface area contributed by atoms with Gasteiger partial charge in [-0.1, -0.05) is 320 Å². The van der Waals surface area contributed by atoms with Gasteiger partial charge in [-0.3, -0.25) is 0 Å². The molecule has 0 aliphatic carbocycles. The van der Waals surface area contributed by atoms with Gasteiger partial charge < -0.3 is 14.4 Å². The van der Waals surface area contributed by atoms with Gasteiger partial charge in [0.1, 0.15) is 0 Å². The van der Waals surface area contributed by atoms with Crippen LogP contribution in [0.4, 0.5) is 0 Å². The Labute approximate surface area is 506 Å². The lowest BCUT2D eigenvalue weighted by molar-refractivity contribution is -0.106. The summed E-state index contributed by atoms with van der Waals surface area (Å²) in [7, 11) is 4.76. The van der Waals surface area contributed by atoms with Crippen molar-refractivity contribution in [2.45, 2.75) is 412 Å². The van der Waals surface area contributed by atoms with Crippen LogP contribution >= 0.6 is 0 Å². The summed E-state index contributed by atoms with van der Waals surface area (Å²) in [6.07, 6.45) is 98.0. The van der Waals surface area contributed by atoms with Gasteiger partial charge in [0.25, 0.3) is 0 Å². The van der Waals surface area contributed by atoms with Gasteiger partial charge in [-0.15, -0.1) is 0 Å². The second-order valence-electron chi connectivity index (χ2n) is 25.7. The van der Waals surface area contributed by atoms with E-state index in [0.29, 0.717) is 0 Å². The van der Waals surface area contributed by atoms with Crippen LogP contribution in [0.1, 0.15) is 400 Å². The molecule has 474 valence electrons. The maximum Gasteiger partial charge on any atom is 0.0991 e. The van der Waals surface area contributed by atoms with Crippen molar-refractivity contribution in [2.24, 2.45) is 0 Å². The van der Waals surface area contributed by atoms with E-state index in [1.165, 1.54) is 372 Å². The van der Waals surface area contributed by atoms with E-state index >= 15 is 0 Å². The first-order chi connectivity index (χ1) is 39.6. The van der Waals surface area contributed by atoms with Gasteiger partial charge in [-0.2, -0.15) is 0 Å². The summed E-state index contributed by atoms with van der Waals surface area (Å²) in [4.78, 5) is 2.61. The monoisotopic (exact) mass is 1120 g/mol. The molecule has 80 heavy (non-hydrogen) atoms. The third kappa shape index (κ3) is 57.3. The third-order valence-corrected chi connectivity index (χ3v) is 17.8. The largest absolute Gasteiger partial charge is 0.379 e. The van der Waals surface area contributed by atoms with E-state index in [2.05, 4.69) is 95.3 Å². The summed E-state index contributed by atoms with van der Waals surface area (Å²) in [5, 5.41) is 0. The highest BCUT2D eigenvalue weighted by molar-refractivity contribution is 4.96. The molecule has 1 unspecified atom stereocenters. The van der Waals surface area contributed by atoms with Crippen LogP contribution in [-0.2, 0) is 9.47 Å². The van der Waals surface area contributed by atoms with Crippen LogP contribution in [0.2, 0.25) is 0 Å². The minimum absolute atomic E-state index is 0.0211. The van der Waals surface area contributed by atoms with Gasteiger partial charge in [0.05, 0.1) is 12.7 Å². The maximum absolute atomic E-state index is 7.19. The van der Waals surface area contributed by atoms with Crippen molar-refractivity contribution in [1.29, 1.82) is 0 Å². The van der Waals surface area contributed by atoms with E-state index in [-0.39, 0.29) is 11.6 Å². The molecule has 0 aliphatic rings. The molecule has 3 nitrogen and oxygen atoms in total. The summed E-state index contributed by atoms with van der Waals surface area (Å²) in [5.74, 6) is 0. The van der Waals surface area contributed by atoms with E-state index in [0.717, 1.165) is 19.8 Å². The lowest BCUT2D eigenvalue weighted by atomic mass is 9.80. The van der Waals surface area contributed by atoms with Gasteiger partial charge in [0.2, 0.25) is 0 Å². The second-order valence-corrected chi connectivity index (χ2v) is 25.7. The smallest absolute Gasteiger partial charge is 0.0991 e. The summed E-state index contributed by atoms with van der Waals surface area (Å²) in [6.45, 7) is 11.7. The molecule has 0 N–H and O–H groups in total. The second kappa shape index (κ2) is 68.6. The fraction of sp³-hybridized carbons (Fsp3) is 0.896. The zero-order chi connectivity index (χ0) is 57.9. The molecule has 0 saturated carbocycles. The molecule has 0 aromatic carbocycles. The van der Waals surface area contributed by atoms with Crippen LogP contribution in [0.25, 0.3) is 0 Å². The maximum atomic E-state index is 7.19. The Hall–Kier alpha value is -1.16. The molecule has 3 heteroatoms. The van der Waals surface area contributed by atoms with Crippen LogP contribution in [0.5, 0.6) is 0 Å². The van der Waals surface area contributed by atoms with E-state index in [9.17, 15) is 0 Å². The predicted octanol–water partition coefficient (Wildman–Crippen LogP) is 26.6. The lowest BCUT2D eigenvalue weighted by Crippen LogP contribution is -2.56. The number of rotatable bonds is 69. The SMILES string of the molecule is CCCCCCCC/C=C\CCCCCCCCOCC(OCCCCCCCC/C=C\CCCCCCCC)C(CCCCCCCC/C=C\CCCCCCCC)(CCCCCCCC/C=C\CCCCCCCC)N(C)C. The van der Waals surface area contributed by atoms with Crippen LogP contribution in [0, 0.1) is 0 Å². The fourth-order valence-corrected chi connectivity index (χ4v) is 12.1. The van der Waals surface area contributed by atoms with Gasteiger partial charge in [-0.05, 0) is 143 Å². The van der Waals surface area contributed by atoms with E-state index < -0.39 is 0 Å². The first-order valence-electron chi connectivity index (χ1n) is 37.1. The van der Waals surface area contributed by atoms with Crippen LogP contribution in [0.3, 0.4) is 0 Å². The topological polar surface area (TPSA) is 21.7 Å². The Bertz CT molecular complexity index is 1210. The Kier molecular flexibility index (Phi) is 67.6. The average Bonchev–Trinajstić information content (AvgIpc) is 3.46. The van der Waals surface area contributed by atoms with Crippen molar-refractivity contribution in [3.05, 3.63) is 48.6 Å². The summed E-state index contributed by atoms with van der Waals surface area (Å²) < 4.78 is 13.9. The Morgan fingerprint density at radius 3 is 0.725 bits per heavy atom. The summed E-state index contributed by atoms with van der Waals surface area (Å²) >= 11 is 0. The molecule has 0 saturated heterocycles. The number of hydrogen-bond acceptors (Lipinski definition) is 3. The minimum Gasteiger partial charge on any atom is -0.379 e. The fourth-order valence-electron chi connectivity index (χ4n) is 12.1. The molecule has 0 fully saturated rings. The minimum atomic E-state index is 0.0211. The lowest BCUT2D eigenvalue weighted by Gasteiger charge is -2.46. The van der Waals surface area contributed by atoms with Crippen molar-refractivity contribution < 1.29 is 9.47 Å². The molecule has 0 bridgehead atoms. The number of nitrogens with zero attached hydrogens (tertiary/aromatic N) is 1. The van der Waals surface area contributed by atoms with Crippen molar-refractivity contribution in [2.75, 3.05) is 33.9 Å². The first kappa shape index (κ1) is 78.8. The molecule has 0 amide bonds. The average molecular weight is 1120 g/mol. The van der Waals surface area contributed by atoms with E-state index in [4.69, 9.17) is 9.47 Å². The third-order valence-electron chi connectivity index (χ3n) is 17.8. The quantitative estimate of drug-likeness (QED) is 0.0448. The molecule has 1 atom stereocenters. The number of ether oxygens (including phenoxy) is 2. The molecule has 0 rings (SSSR count). The van der Waals surface area contributed by atoms with Crippen LogP contribution < -0.4 is 0 Å². The van der Waals surface area contributed by atoms with Crippen LogP contribution in [-0.4, -0.2) is 50.5 Å². The molecule has 0 radical (unpaired) electrons. The number of unbranched alkanes of at least 4 members (excludes halogenated alkanes) is 48. The molecule has 0 aliphatic heterocycles. The first-order valence-corrected chi connectivity index (χ1v) is 37.1. The van der Waals surface area contributed by atoms with Crippen LogP contribution in [0.15, 0.2) is 48.6 Å². The van der Waals surface area contributed by atoms with E-state index in [1.807, 2.05) is 0 Å². The molecule has 0 aromatic rings. The van der Waals surface area contributed by atoms with E-state index in [1.54, 1.807) is 0 Å². The van der Waals surface area contributed by atoms with Gasteiger partial charge in [0, 0.05) is 18.8 Å². The highest BCUT2D eigenvalue weighted by Crippen LogP contribution is 2.34. The van der Waals surface area contributed by atoms with Crippen molar-refractivity contribution in [3.8, 4) is 0 Å². The molecule has 0 heterocycles. The summed E-state index contributed by atoms with van der Waals surface area (Å²) in [5.41, 5.74) is 0.0211. The van der Waals surface area contributed by atoms with Crippen molar-refractivity contribution >= 4 is 0 Å². The predicted molar refractivity (Wildman–Crippen MR) is 364 cm³/mol. The van der Waals surface area contributed by atoms with Gasteiger partial charge >= 0.3 is 0 Å². The number of likely N-dealkylation sites (N-methyl/N-ethyl adjacent to an activating group) is 1. The Balaban J connectivity index is 5.39. The molecular formula is C77H149NO2. The highest BCUT2D eigenvalue weighted by Gasteiger charge is 2.41. The standard InChI is InChI=1S/C77H149NO2/c1-7-11-15-19-23-27-31-35-39-43-47-51-55-59-63-67-71-77(78(5)6,72-68-64-60-56-52-48-44-40-36-32-28-24-20-16-12-8-2)76(80-74-70-66-62-58-54-50-46-42-38-34-30-26-22-18-14-10-4)75-79-73-69-65-61-57-53-49-45-41-37-33-29-25-21-17-13-9-3/h35-42,76H,7-34,43-75H2,1-6H3/b39-35-,40-36-,41-37-,42-38-. The normalized spacial score (nSPS) is 12.9. The molecule has 0 aromatic heterocycles. The summed E-state index contributed by atoms with van der Waals surface area (Å²) in [6, 6.07) is 0. The number of allylic oxidation sites excluding steroid dienone is 8. The highest BCUT2D eigenvalue weighted by atomic mass is 16.5. The van der Waals surface area contributed by atoms with Crippen molar-refractivity contribution in [3.63, 3.8) is 0 Å². The molecule has 0 spiro atoms. The Morgan fingerprint density at radius 1 is 0.263 bits per heavy atom. The zero-order valence-corrected chi connectivity index (χ0v) is 56.1. The number of hydrogen-bond donors (Lipinski definition) is 0.